The summed E-state index contributed by atoms with van der Waals surface area (Å²) in [6.07, 6.45) is 0. The molecule has 128 valence electrons. The van der Waals surface area contributed by atoms with Gasteiger partial charge >= 0.3 is 0 Å². The lowest BCUT2D eigenvalue weighted by Gasteiger charge is -2.12. The fourth-order valence-corrected chi connectivity index (χ4v) is 2.64. The maximum atomic E-state index is 13.8. The Morgan fingerprint density at radius 1 is 0.760 bits per heavy atom. The van der Waals surface area contributed by atoms with Crippen molar-refractivity contribution in [2.45, 2.75) is 20.8 Å². The molecule has 0 fully saturated rings. The van der Waals surface area contributed by atoms with Gasteiger partial charge in [0, 0.05) is 11.8 Å². The topological polar surface area (TPSA) is 49.8 Å². The largest absolute Gasteiger partial charge is 0.340 e. The number of aromatic nitrogens is 2. The van der Waals surface area contributed by atoms with Gasteiger partial charge in [0.1, 0.15) is 34.8 Å². The Kier molecular flexibility index (Phi) is 4.61. The molecule has 0 aliphatic rings. The van der Waals surface area contributed by atoms with Crippen LogP contribution in [0.5, 0.6) is 0 Å². The van der Waals surface area contributed by atoms with Gasteiger partial charge in [-0.05, 0) is 56.2 Å². The number of hydrogen-bond donors (Lipinski definition) is 2. The smallest absolute Gasteiger partial charge is 0.149 e. The van der Waals surface area contributed by atoms with Gasteiger partial charge in [0.25, 0.3) is 0 Å². The summed E-state index contributed by atoms with van der Waals surface area (Å²) >= 11 is 0. The zero-order valence-electron chi connectivity index (χ0n) is 14.2. The standard InChI is InChI=1S/C19H18F2N4/c1-11-7-12(2)9-14(8-11)24-17-10-18(23-13(3)22-17)25-19-15(20)5-4-6-16(19)21/h4-10H,1-3H3,(H2,22,23,24,25). The number of para-hydroxylation sites is 1. The minimum atomic E-state index is -0.680. The van der Waals surface area contributed by atoms with Crippen LogP contribution in [0.4, 0.5) is 31.8 Å². The second-order valence-corrected chi connectivity index (χ2v) is 5.91. The van der Waals surface area contributed by atoms with Crippen LogP contribution in [0.1, 0.15) is 17.0 Å². The van der Waals surface area contributed by atoms with Crippen LogP contribution in [0.3, 0.4) is 0 Å². The maximum Gasteiger partial charge on any atom is 0.149 e. The Bertz CT molecular complexity index is 885. The molecule has 0 amide bonds. The van der Waals surface area contributed by atoms with Gasteiger partial charge in [-0.15, -0.1) is 0 Å². The van der Waals surface area contributed by atoms with Crippen LogP contribution in [0.2, 0.25) is 0 Å². The predicted octanol–water partition coefficient (Wildman–Crippen LogP) is 5.17. The molecule has 0 aliphatic carbocycles. The zero-order chi connectivity index (χ0) is 18.0. The second-order valence-electron chi connectivity index (χ2n) is 5.91. The zero-order valence-corrected chi connectivity index (χ0v) is 14.2. The monoisotopic (exact) mass is 340 g/mol. The molecule has 3 rings (SSSR count). The quantitative estimate of drug-likeness (QED) is 0.688. The van der Waals surface area contributed by atoms with Crippen molar-refractivity contribution in [3.8, 4) is 0 Å². The summed E-state index contributed by atoms with van der Waals surface area (Å²) in [5.74, 6) is -0.0334. The molecule has 2 aromatic carbocycles. The van der Waals surface area contributed by atoms with Crippen molar-refractivity contribution in [3.63, 3.8) is 0 Å². The molecule has 6 heteroatoms. The first-order valence-corrected chi connectivity index (χ1v) is 7.83. The van der Waals surface area contributed by atoms with Crippen molar-refractivity contribution < 1.29 is 8.78 Å². The van der Waals surface area contributed by atoms with Crippen molar-refractivity contribution in [2.75, 3.05) is 10.6 Å². The van der Waals surface area contributed by atoms with Crippen molar-refractivity contribution in [2.24, 2.45) is 0 Å². The van der Waals surface area contributed by atoms with Gasteiger partial charge in [-0.2, -0.15) is 0 Å². The maximum absolute atomic E-state index is 13.8. The molecule has 1 aromatic heterocycles. The molecular weight excluding hydrogens is 322 g/mol. The van der Waals surface area contributed by atoms with E-state index in [9.17, 15) is 8.78 Å². The van der Waals surface area contributed by atoms with E-state index in [0.29, 0.717) is 17.5 Å². The summed E-state index contributed by atoms with van der Waals surface area (Å²) in [6, 6.07) is 11.4. The van der Waals surface area contributed by atoms with Crippen LogP contribution in [-0.2, 0) is 0 Å². The van der Waals surface area contributed by atoms with Gasteiger partial charge in [-0.25, -0.2) is 18.7 Å². The molecule has 0 radical (unpaired) electrons. The summed E-state index contributed by atoms with van der Waals surface area (Å²) in [6.45, 7) is 5.74. The van der Waals surface area contributed by atoms with E-state index in [-0.39, 0.29) is 5.69 Å². The predicted molar refractivity (Wildman–Crippen MR) is 95.6 cm³/mol. The van der Waals surface area contributed by atoms with Crippen LogP contribution in [0.25, 0.3) is 0 Å². The summed E-state index contributed by atoms with van der Waals surface area (Å²) in [7, 11) is 0. The van der Waals surface area contributed by atoms with Crippen LogP contribution < -0.4 is 10.6 Å². The van der Waals surface area contributed by atoms with Gasteiger partial charge in [-0.1, -0.05) is 12.1 Å². The molecule has 0 aliphatic heterocycles. The number of aryl methyl sites for hydroxylation is 3. The van der Waals surface area contributed by atoms with E-state index in [2.05, 4.69) is 26.7 Å². The highest BCUT2D eigenvalue weighted by Gasteiger charge is 2.10. The molecule has 0 bridgehead atoms. The summed E-state index contributed by atoms with van der Waals surface area (Å²) in [5.41, 5.74) is 2.90. The summed E-state index contributed by atoms with van der Waals surface area (Å²) in [4.78, 5) is 8.52. The van der Waals surface area contributed by atoms with E-state index < -0.39 is 11.6 Å². The molecule has 1 heterocycles. The minimum absolute atomic E-state index is 0.238. The van der Waals surface area contributed by atoms with Crippen molar-refractivity contribution >= 4 is 23.0 Å². The Morgan fingerprint density at radius 2 is 1.32 bits per heavy atom. The summed E-state index contributed by atoms with van der Waals surface area (Å²) < 4.78 is 27.6. The van der Waals surface area contributed by atoms with E-state index >= 15 is 0 Å². The third-order valence-electron chi connectivity index (χ3n) is 3.55. The SMILES string of the molecule is Cc1cc(C)cc(Nc2cc(Nc3c(F)cccc3F)nc(C)n2)c1. The van der Waals surface area contributed by atoms with Crippen LogP contribution in [-0.4, -0.2) is 9.97 Å². The van der Waals surface area contributed by atoms with Crippen LogP contribution in [0, 0.1) is 32.4 Å². The first kappa shape index (κ1) is 16.8. The fourth-order valence-electron chi connectivity index (χ4n) is 2.64. The fraction of sp³-hybridized carbons (Fsp3) is 0.158. The molecule has 25 heavy (non-hydrogen) atoms. The Balaban J connectivity index is 1.90. The highest BCUT2D eigenvalue weighted by molar-refractivity contribution is 5.64. The number of nitrogens with zero attached hydrogens (tertiary/aromatic N) is 2. The van der Waals surface area contributed by atoms with Crippen LogP contribution >= 0.6 is 0 Å². The number of anilines is 4. The van der Waals surface area contributed by atoms with Gasteiger partial charge in [-0.3, -0.25) is 0 Å². The third-order valence-corrected chi connectivity index (χ3v) is 3.55. The van der Waals surface area contributed by atoms with E-state index in [4.69, 9.17) is 0 Å². The molecule has 0 unspecified atom stereocenters. The normalized spacial score (nSPS) is 10.6. The van der Waals surface area contributed by atoms with Crippen molar-refractivity contribution in [1.82, 2.24) is 9.97 Å². The molecule has 4 nitrogen and oxygen atoms in total. The average Bonchev–Trinajstić information content (AvgIpc) is 2.49. The lowest BCUT2D eigenvalue weighted by molar-refractivity contribution is 0.590. The number of nitrogens with one attached hydrogen (secondary N) is 2. The number of hydrogen-bond acceptors (Lipinski definition) is 4. The lowest BCUT2D eigenvalue weighted by Crippen LogP contribution is -2.04. The molecule has 2 N–H and O–H groups in total. The van der Waals surface area contributed by atoms with E-state index in [1.165, 1.54) is 18.2 Å². The lowest BCUT2D eigenvalue weighted by atomic mass is 10.1. The second kappa shape index (κ2) is 6.84. The van der Waals surface area contributed by atoms with E-state index in [1.54, 1.807) is 13.0 Å². The van der Waals surface area contributed by atoms with Gasteiger partial charge in [0.15, 0.2) is 0 Å². The molecule has 0 saturated carbocycles. The van der Waals surface area contributed by atoms with E-state index in [1.807, 2.05) is 26.0 Å². The minimum Gasteiger partial charge on any atom is -0.340 e. The average molecular weight is 340 g/mol. The van der Waals surface area contributed by atoms with Gasteiger partial charge in [0.05, 0.1) is 0 Å². The van der Waals surface area contributed by atoms with E-state index in [0.717, 1.165) is 16.8 Å². The third kappa shape index (κ3) is 4.09. The number of rotatable bonds is 4. The molecular formula is C19H18F2N4. The van der Waals surface area contributed by atoms with Crippen LogP contribution in [0.15, 0.2) is 42.5 Å². The molecule has 0 saturated heterocycles. The van der Waals surface area contributed by atoms with Crippen molar-refractivity contribution in [3.05, 3.63) is 71.1 Å². The van der Waals surface area contributed by atoms with Gasteiger partial charge < -0.3 is 10.6 Å². The summed E-state index contributed by atoms with van der Waals surface area (Å²) in [5, 5.41) is 5.89. The number of halogens is 2. The Hall–Kier alpha value is -3.02. The van der Waals surface area contributed by atoms with Gasteiger partial charge in [0.2, 0.25) is 0 Å². The first-order chi connectivity index (χ1) is 11.9. The van der Waals surface area contributed by atoms with Crippen molar-refractivity contribution in [1.29, 1.82) is 0 Å². The highest BCUT2D eigenvalue weighted by Crippen LogP contribution is 2.25. The molecule has 3 aromatic rings. The Morgan fingerprint density at radius 3 is 1.92 bits per heavy atom. The highest BCUT2D eigenvalue weighted by atomic mass is 19.1. The first-order valence-electron chi connectivity index (χ1n) is 7.83. The molecule has 0 spiro atoms. The Labute approximate surface area is 145 Å². The molecule has 0 atom stereocenters. The number of benzene rings is 2.